The maximum absolute atomic E-state index is 13.9. The number of nitrogens with zero attached hydrogens (tertiary/aromatic N) is 2. The number of aromatic nitrogens is 1. The monoisotopic (exact) mass is 681 g/mol. The second-order valence-corrected chi connectivity index (χ2v) is 20.7. The molecule has 1 fully saturated rings. The van der Waals surface area contributed by atoms with Gasteiger partial charge in [-0.1, -0.05) is 51.5 Å². The molecule has 0 aliphatic carbocycles. The molecule has 1 amide bonds. The predicted octanol–water partition coefficient (Wildman–Crippen LogP) is 9.38. The molecule has 3 aromatic carbocycles. The van der Waals surface area contributed by atoms with Gasteiger partial charge < -0.3 is 19.2 Å². The lowest BCUT2D eigenvalue weighted by Crippen LogP contribution is -2.43. The average molecular weight is 682 g/mol. The zero-order valence-corrected chi connectivity index (χ0v) is 31.6. The second-order valence-electron chi connectivity index (χ2n) is 16.0. The van der Waals surface area contributed by atoms with E-state index in [0.29, 0.717) is 29.1 Å². The summed E-state index contributed by atoms with van der Waals surface area (Å²) in [5.74, 6) is 1.22. The molecule has 0 radical (unpaired) electrons. The highest BCUT2D eigenvalue weighted by atomic mass is 28.4. The van der Waals surface area contributed by atoms with E-state index in [0.717, 1.165) is 53.0 Å². The van der Waals surface area contributed by atoms with Gasteiger partial charge in [-0.15, -0.1) is 0 Å². The maximum Gasteiger partial charge on any atom is 0.419 e. The first-order valence-electron chi connectivity index (χ1n) is 17.5. The van der Waals surface area contributed by atoms with Gasteiger partial charge in [-0.25, -0.2) is 9.36 Å². The van der Waals surface area contributed by atoms with Crippen molar-refractivity contribution in [2.45, 2.75) is 97.6 Å². The number of nitrogens with one attached hydrogen (secondary N) is 1. The van der Waals surface area contributed by atoms with Crippen molar-refractivity contribution in [1.29, 1.82) is 0 Å². The van der Waals surface area contributed by atoms with Gasteiger partial charge >= 0.3 is 6.09 Å². The van der Waals surface area contributed by atoms with Crippen molar-refractivity contribution in [3.05, 3.63) is 71.3 Å². The summed E-state index contributed by atoms with van der Waals surface area (Å²) in [6, 6.07) is 18.3. The topological polar surface area (TPSA) is 82.0 Å². The number of amides is 1. The molecule has 0 unspecified atom stereocenters. The van der Waals surface area contributed by atoms with Gasteiger partial charge in [0, 0.05) is 24.0 Å². The van der Waals surface area contributed by atoms with Crippen molar-refractivity contribution >= 4 is 31.2 Å². The van der Waals surface area contributed by atoms with E-state index in [-0.39, 0.29) is 10.9 Å². The lowest BCUT2D eigenvalue weighted by molar-refractivity contribution is 0.0547. The van der Waals surface area contributed by atoms with E-state index in [1.54, 1.807) is 11.7 Å². The summed E-state index contributed by atoms with van der Waals surface area (Å²) < 4.78 is 20.0. The van der Waals surface area contributed by atoms with Crippen LogP contribution in [-0.4, -0.2) is 55.6 Å². The Kier molecular flexibility index (Phi) is 9.22. The Balaban J connectivity index is 1.45. The number of benzene rings is 3. The van der Waals surface area contributed by atoms with Gasteiger partial charge in [0.2, 0.25) is 0 Å². The fourth-order valence-electron chi connectivity index (χ4n) is 6.62. The quantitative estimate of drug-likeness (QED) is 0.196. The van der Waals surface area contributed by atoms with Crippen LogP contribution in [0.4, 0.5) is 4.79 Å². The second kappa shape index (κ2) is 13.0. The average Bonchev–Trinajstić information content (AvgIpc) is 3.60. The van der Waals surface area contributed by atoms with Crippen LogP contribution in [0.3, 0.4) is 0 Å². The van der Waals surface area contributed by atoms with E-state index in [1.807, 2.05) is 63.2 Å². The summed E-state index contributed by atoms with van der Waals surface area (Å²) in [6.45, 7) is 20.1. The number of hydrogen-bond acceptors (Lipinski definition) is 6. The number of piperidine rings is 1. The summed E-state index contributed by atoms with van der Waals surface area (Å²) in [6.07, 6.45) is 3.27. The van der Waals surface area contributed by atoms with Crippen LogP contribution in [0.25, 0.3) is 33.3 Å². The summed E-state index contributed by atoms with van der Waals surface area (Å²) in [5, 5.41) is 4.02. The van der Waals surface area contributed by atoms with Crippen LogP contribution in [0.15, 0.2) is 54.6 Å². The van der Waals surface area contributed by atoms with E-state index in [2.05, 4.69) is 56.2 Å². The SMILES string of the molecule is COc1cc(-c2ccc(-c3cc4cc(CN5CCCCC5)ccc4n3C(=O)OC(C)(C)C)c3c2CNC3=O)ccc1O[Si](C)(C)C(C)(C)C. The van der Waals surface area contributed by atoms with Gasteiger partial charge in [0.1, 0.15) is 11.4 Å². The van der Waals surface area contributed by atoms with E-state index < -0.39 is 20.0 Å². The third-order valence-electron chi connectivity index (χ3n) is 10.2. The number of likely N-dealkylation sites (tertiary alicyclic amines) is 1. The van der Waals surface area contributed by atoms with Crippen LogP contribution in [0.1, 0.15) is 82.3 Å². The van der Waals surface area contributed by atoms with Crippen molar-refractivity contribution in [2.24, 2.45) is 0 Å². The number of hydrogen-bond donors (Lipinski definition) is 1. The Hall–Kier alpha value is -4.08. The number of carbonyl (C=O) groups is 2. The van der Waals surface area contributed by atoms with Crippen LogP contribution in [0, 0.1) is 0 Å². The molecule has 0 bridgehead atoms. The lowest BCUT2D eigenvalue weighted by Gasteiger charge is -2.36. The number of fused-ring (bicyclic) bond motifs is 2. The van der Waals surface area contributed by atoms with Crippen molar-refractivity contribution in [3.63, 3.8) is 0 Å². The van der Waals surface area contributed by atoms with Gasteiger partial charge in [0.25, 0.3) is 14.2 Å². The molecule has 8 nitrogen and oxygen atoms in total. The Morgan fingerprint density at radius 1 is 0.878 bits per heavy atom. The normalized spacial score (nSPS) is 15.7. The first kappa shape index (κ1) is 34.8. The first-order valence-corrected chi connectivity index (χ1v) is 20.4. The highest BCUT2D eigenvalue weighted by molar-refractivity contribution is 6.74. The molecule has 0 saturated carbocycles. The summed E-state index contributed by atoms with van der Waals surface area (Å²) in [7, 11) is -0.441. The van der Waals surface area contributed by atoms with E-state index >= 15 is 0 Å². The third kappa shape index (κ3) is 7.01. The van der Waals surface area contributed by atoms with Gasteiger partial charge in [-0.3, -0.25) is 9.69 Å². The lowest BCUT2D eigenvalue weighted by atomic mass is 9.92. The van der Waals surface area contributed by atoms with E-state index in [4.69, 9.17) is 13.9 Å². The van der Waals surface area contributed by atoms with Crippen LogP contribution in [0.2, 0.25) is 18.1 Å². The molecule has 1 aromatic heterocycles. The molecule has 3 heterocycles. The molecule has 2 aliphatic heterocycles. The molecule has 1 saturated heterocycles. The molecule has 9 heteroatoms. The number of rotatable bonds is 7. The Bertz CT molecular complexity index is 1910. The Labute approximate surface area is 291 Å². The number of methoxy groups -OCH3 is 1. The van der Waals surface area contributed by atoms with Crippen molar-refractivity contribution < 1.29 is 23.5 Å². The van der Waals surface area contributed by atoms with Gasteiger partial charge in [0.15, 0.2) is 5.75 Å². The van der Waals surface area contributed by atoms with E-state index in [9.17, 15) is 9.59 Å². The molecule has 6 rings (SSSR count). The molecule has 1 N–H and O–H groups in total. The Morgan fingerprint density at radius 2 is 1.59 bits per heavy atom. The smallest absolute Gasteiger partial charge is 0.419 e. The fraction of sp³-hybridized carbons (Fsp3) is 0.450. The minimum atomic E-state index is -2.10. The molecule has 2 aliphatic rings. The molecular formula is C40H51N3O5Si. The van der Waals surface area contributed by atoms with Crippen LogP contribution in [-0.2, 0) is 17.8 Å². The highest BCUT2D eigenvalue weighted by Gasteiger charge is 2.39. The molecular weight excluding hydrogens is 631 g/mol. The summed E-state index contributed by atoms with van der Waals surface area (Å²) in [4.78, 5) is 30.0. The summed E-state index contributed by atoms with van der Waals surface area (Å²) >= 11 is 0. The number of ether oxygens (including phenoxy) is 2. The van der Waals surface area contributed by atoms with Crippen LogP contribution < -0.4 is 14.5 Å². The standard InChI is InChI=1S/C40H51N3O5Si/c1-39(2,3)47-38(45)43-32-17-13-26(25-42-19-11-10-12-20-42)21-28(32)22-33(43)30-16-15-29(31-24-41-37(44)36(30)31)27-14-18-34(35(23-27)46-7)48-49(8,9)40(4,5)6/h13-18,21-23H,10-12,19-20,24-25H2,1-9H3,(H,41,44). The predicted molar refractivity (Wildman–Crippen MR) is 199 cm³/mol. The molecule has 4 aromatic rings. The fourth-order valence-corrected chi connectivity index (χ4v) is 7.65. The van der Waals surface area contributed by atoms with Crippen LogP contribution in [0.5, 0.6) is 11.5 Å². The largest absolute Gasteiger partial charge is 0.541 e. The van der Waals surface area contributed by atoms with Gasteiger partial charge in [-0.2, -0.15) is 0 Å². The molecule has 49 heavy (non-hydrogen) atoms. The first-order chi connectivity index (χ1) is 23.1. The van der Waals surface area contributed by atoms with E-state index in [1.165, 1.54) is 24.8 Å². The Morgan fingerprint density at radius 3 is 2.27 bits per heavy atom. The van der Waals surface area contributed by atoms with Crippen molar-refractivity contribution in [2.75, 3.05) is 20.2 Å². The van der Waals surface area contributed by atoms with Crippen LogP contribution >= 0.6 is 0 Å². The van der Waals surface area contributed by atoms with Crippen molar-refractivity contribution in [3.8, 4) is 33.9 Å². The third-order valence-corrected chi connectivity index (χ3v) is 14.5. The zero-order chi connectivity index (χ0) is 35.3. The van der Waals surface area contributed by atoms with Crippen molar-refractivity contribution in [1.82, 2.24) is 14.8 Å². The number of carbonyl (C=O) groups excluding carboxylic acids is 2. The highest BCUT2D eigenvalue weighted by Crippen LogP contribution is 2.43. The minimum absolute atomic E-state index is 0.0377. The van der Waals surface area contributed by atoms with Gasteiger partial charge in [0.05, 0.1) is 23.9 Å². The molecule has 0 atom stereocenters. The zero-order valence-electron chi connectivity index (χ0n) is 30.6. The summed E-state index contributed by atoms with van der Waals surface area (Å²) in [5.41, 5.74) is 5.90. The maximum atomic E-state index is 13.9. The molecule has 0 spiro atoms. The van der Waals surface area contributed by atoms with Gasteiger partial charge in [-0.05, 0) is 117 Å². The molecule has 260 valence electrons. The minimum Gasteiger partial charge on any atom is -0.541 e.